The van der Waals surface area contributed by atoms with Crippen molar-refractivity contribution in [3.05, 3.63) is 18.2 Å². The van der Waals surface area contributed by atoms with Crippen LogP contribution in [0.15, 0.2) is 18.2 Å². The molecule has 1 fully saturated rings. The van der Waals surface area contributed by atoms with Crippen LogP contribution in [-0.2, 0) is 11.3 Å². The van der Waals surface area contributed by atoms with Crippen LogP contribution in [0.5, 0.6) is 5.75 Å². The van der Waals surface area contributed by atoms with Gasteiger partial charge in [0.05, 0.1) is 18.2 Å². The molecule has 0 aliphatic carbocycles. The molecule has 0 radical (unpaired) electrons. The second-order valence-corrected chi connectivity index (χ2v) is 5.60. The Bertz CT molecular complexity index is 600. The van der Waals surface area contributed by atoms with Crippen LogP contribution in [0.25, 0.3) is 11.0 Å². The molecule has 1 aliphatic rings. The Labute approximate surface area is 118 Å². The fraction of sp³-hybridized carbons (Fsp3) is 0.533. The largest absolute Gasteiger partial charge is 0.489 e. The monoisotopic (exact) mass is 275 g/mol. The zero-order valence-electron chi connectivity index (χ0n) is 12.0. The summed E-state index contributed by atoms with van der Waals surface area (Å²) in [5, 5.41) is 0. The van der Waals surface area contributed by atoms with Crippen LogP contribution in [0, 0.1) is 5.92 Å². The molecule has 1 aromatic heterocycles. The van der Waals surface area contributed by atoms with Crippen LogP contribution in [0.2, 0.25) is 0 Å². The van der Waals surface area contributed by atoms with E-state index in [0.29, 0.717) is 11.9 Å². The highest BCUT2D eigenvalue weighted by Crippen LogP contribution is 2.29. The minimum Gasteiger partial charge on any atom is -0.489 e. The lowest BCUT2D eigenvalue weighted by molar-refractivity contribution is 0.183. The molecule has 5 heteroatoms. The third kappa shape index (κ3) is 2.45. The van der Waals surface area contributed by atoms with Crippen molar-refractivity contribution in [2.45, 2.75) is 32.9 Å². The van der Waals surface area contributed by atoms with Crippen molar-refractivity contribution in [2.24, 2.45) is 5.92 Å². The molecule has 0 spiro atoms. The van der Waals surface area contributed by atoms with Gasteiger partial charge < -0.3 is 19.8 Å². The van der Waals surface area contributed by atoms with Gasteiger partial charge in [0.2, 0.25) is 5.95 Å². The van der Waals surface area contributed by atoms with Crippen molar-refractivity contribution in [2.75, 3.05) is 18.9 Å². The van der Waals surface area contributed by atoms with Gasteiger partial charge >= 0.3 is 0 Å². The number of fused-ring (bicyclic) bond motifs is 1. The summed E-state index contributed by atoms with van der Waals surface area (Å²) >= 11 is 0. The van der Waals surface area contributed by atoms with Crippen LogP contribution >= 0.6 is 0 Å². The van der Waals surface area contributed by atoms with Gasteiger partial charge in [0.1, 0.15) is 11.3 Å². The maximum absolute atomic E-state index is 6.09. The molecular formula is C15H21N3O2. The van der Waals surface area contributed by atoms with Gasteiger partial charge in [-0.3, -0.25) is 0 Å². The predicted octanol–water partition coefficient (Wildman–Crippen LogP) is 2.44. The highest BCUT2D eigenvalue weighted by Gasteiger charge is 2.20. The minimum atomic E-state index is 0.121. The van der Waals surface area contributed by atoms with Crippen molar-refractivity contribution in [1.29, 1.82) is 0 Å². The van der Waals surface area contributed by atoms with Crippen LogP contribution in [0.4, 0.5) is 5.95 Å². The molecular weight excluding hydrogens is 254 g/mol. The highest BCUT2D eigenvalue weighted by atomic mass is 16.5. The maximum Gasteiger partial charge on any atom is 0.201 e. The van der Waals surface area contributed by atoms with E-state index < -0.39 is 0 Å². The summed E-state index contributed by atoms with van der Waals surface area (Å²) in [6, 6.07) is 5.97. The van der Waals surface area contributed by atoms with Crippen molar-refractivity contribution in [3.63, 3.8) is 0 Å². The molecule has 20 heavy (non-hydrogen) atoms. The van der Waals surface area contributed by atoms with Gasteiger partial charge in [-0.15, -0.1) is 0 Å². The lowest BCUT2D eigenvalue weighted by Gasteiger charge is -2.12. The number of imidazole rings is 1. The molecule has 108 valence electrons. The highest BCUT2D eigenvalue weighted by molar-refractivity contribution is 5.84. The van der Waals surface area contributed by atoms with Crippen molar-refractivity contribution in [3.8, 4) is 5.75 Å². The number of aromatic nitrogens is 2. The lowest BCUT2D eigenvalue weighted by atomic mass is 10.1. The SMILES string of the molecule is CC(C)Oc1cccc2c1nc(N)n2CC1CCOC1. The number of para-hydroxylation sites is 1. The van der Waals surface area contributed by atoms with E-state index in [-0.39, 0.29) is 6.10 Å². The molecule has 2 heterocycles. The molecule has 2 aromatic rings. The van der Waals surface area contributed by atoms with E-state index in [1.165, 1.54) is 0 Å². The van der Waals surface area contributed by atoms with E-state index >= 15 is 0 Å². The fourth-order valence-corrected chi connectivity index (χ4v) is 2.67. The van der Waals surface area contributed by atoms with Crippen LogP contribution in [-0.4, -0.2) is 28.9 Å². The number of ether oxygens (including phenoxy) is 2. The molecule has 1 saturated heterocycles. The van der Waals surface area contributed by atoms with Gasteiger partial charge in [0.15, 0.2) is 0 Å². The first-order valence-electron chi connectivity index (χ1n) is 7.14. The van der Waals surface area contributed by atoms with E-state index in [9.17, 15) is 0 Å². The molecule has 2 N–H and O–H groups in total. The standard InChI is InChI=1S/C15H21N3O2/c1-10(2)20-13-5-3-4-12-14(13)17-15(16)18(12)8-11-6-7-19-9-11/h3-5,10-11H,6-9H2,1-2H3,(H2,16,17). The summed E-state index contributed by atoms with van der Waals surface area (Å²) < 4.78 is 13.3. The van der Waals surface area contributed by atoms with Gasteiger partial charge in [0, 0.05) is 19.1 Å². The first-order valence-corrected chi connectivity index (χ1v) is 7.14. The summed E-state index contributed by atoms with van der Waals surface area (Å²) in [5.41, 5.74) is 7.97. The molecule has 3 rings (SSSR count). The first kappa shape index (κ1) is 13.2. The van der Waals surface area contributed by atoms with Crippen molar-refractivity contribution < 1.29 is 9.47 Å². The Morgan fingerprint density at radius 3 is 3.05 bits per heavy atom. The predicted molar refractivity (Wildman–Crippen MR) is 78.8 cm³/mol. The molecule has 1 aliphatic heterocycles. The Balaban J connectivity index is 1.97. The van der Waals surface area contributed by atoms with E-state index in [2.05, 4.69) is 9.55 Å². The minimum absolute atomic E-state index is 0.121. The number of nitrogens with two attached hydrogens (primary N) is 1. The quantitative estimate of drug-likeness (QED) is 0.931. The number of nitrogen functional groups attached to an aromatic ring is 1. The number of anilines is 1. The molecule has 1 atom stereocenters. The van der Waals surface area contributed by atoms with Crippen LogP contribution in [0.3, 0.4) is 0 Å². The van der Waals surface area contributed by atoms with E-state index in [0.717, 1.165) is 43.0 Å². The second kappa shape index (κ2) is 5.32. The molecule has 1 unspecified atom stereocenters. The van der Waals surface area contributed by atoms with Gasteiger partial charge in [-0.1, -0.05) is 6.07 Å². The molecule has 0 amide bonds. The smallest absolute Gasteiger partial charge is 0.201 e. The first-order chi connectivity index (χ1) is 9.65. The normalized spacial score (nSPS) is 19.1. The van der Waals surface area contributed by atoms with Gasteiger partial charge in [0.25, 0.3) is 0 Å². The second-order valence-electron chi connectivity index (χ2n) is 5.60. The lowest BCUT2D eigenvalue weighted by Crippen LogP contribution is -2.12. The summed E-state index contributed by atoms with van der Waals surface area (Å²) in [4.78, 5) is 4.48. The number of benzene rings is 1. The van der Waals surface area contributed by atoms with Crippen LogP contribution < -0.4 is 10.5 Å². The van der Waals surface area contributed by atoms with Gasteiger partial charge in [-0.05, 0) is 32.4 Å². The molecule has 0 saturated carbocycles. The van der Waals surface area contributed by atoms with Crippen molar-refractivity contribution >= 4 is 17.0 Å². The fourth-order valence-electron chi connectivity index (χ4n) is 2.67. The summed E-state index contributed by atoms with van der Waals surface area (Å²) in [6.07, 6.45) is 1.21. The van der Waals surface area contributed by atoms with Gasteiger partial charge in [-0.2, -0.15) is 0 Å². The summed E-state index contributed by atoms with van der Waals surface area (Å²) in [6.45, 7) is 6.53. The Kier molecular flexibility index (Phi) is 3.53. The number of nitrogens with zero attached hydrogens (tertiary/aromatic N) is 2. The van der Waals surface area contributed by atoms with E-state index in [4.69, 9.17) is 15.2 Å². The summed E-state index contributed by atoms with van der Waals surface area (Å²) in [5.74, 6) is 1.86. The van der Waals surface area contributed by atoms with Gasteiger partial charge in [-0.25, -0.2) is 4.98 Å². The maximum atomic E-state index is 6.09. The third-order valence-electron chi connectivity index (χ3n) is 3.60. The number of hydrogen-bond acceptors (Lipinski definition) is 4. The molecule has 5 nitrogen and oxygen atoms in total. The average molecular weight is 275 g/mol. The zero-order valence-corrected chi connectivity index (χ0v) is 12.0. The van der Waals surface area contributed by atoms with E-state index in [1.807, 2.05) is 32.0 Å². The average Bonchev–Trinajstić information content (AvgIpc) is 3.00. The topological polar surface area (TPSA) is 62.3 Å². The Morgan fingerprint density at radius 2 is 2.35 bits per heavy atom. The zero-order chi connectivity index (χ0) is 14.1. The van der Waals surface area contributed by atoms with Crippen LogP contribution in [0.1, 0.15) is 20.3 Å². The molecule has 0 bridgehead atoms. The third-order valence-corrected chi connectivity index (χ3v) is 3.60. The van der Waals surface area contributed by atoms with Crippen molar-refractivity contribution in [1.82, 2.24) is 9.55 Å². The number of rotatable bonds is 4. The van der Waals surface area contributed by atoms with E-state index in [1.54, 1.807) is 0 Å². The Morgan fingerprint density at radius 1 is 1.50 bits per heavy atom. The molecule has 1 aromatic carbocycles. The Hall–Kier alpha value is -1.75. The summed E-state index contributed by atoms with van der Waals surface area (Å²) in [7, 11) is 0. The number of hydrogen-bond donors (Lipinski definition) is 1.